The van der Waals surface area contributed by atoms with Crippen molar-refractivity contribution >= 4 is 11.3 Å². The summed E-state index contributed by atoms with van der Waals surface area (Å²) in [5.74, 6) is 0.662. The van der Waals surface area contributed by atoms with Crippen LogP contribution in [0.25, 0.3) is 0 Å². The lowest BCUT2D eigenvalue weighted by Crippen LogP contribution is -2.49. The lowest BCUT2D eigenvalue weighted by Gasteiger charge is -2.46. The molecule has 118 valence electrons. The number of likely N-dealkylation sites (tertiary alicyclic amines) is 1. The Bertz CT molecular complexity index is 449. The van der Waals surface area contributed by atoms with E-state index in [1.54, 1.807) is 0 Å². The Balaban J connectivity index is 1.52. The van der Waals surface area contributed by atoms with Gasteiger partial charge in [-0.15, -0.1) is 11.3 Å². The van der Waals surface area contributed by atoms with Crippen LogP contribution in [0.1, 0.15) is 41.9 Å². The molecule has 2 saturated heterocycles. The second kappa shape index (κ2) is 6.78. The first kappa shape index (κ1) is 15.5. The van der Waals surface area contributed by atoms with Gasteiger partial charge >= 0.3 is 0 Å². The minimum Gasteiger partial charge on any atom is -0.396 e. The zero-order valence-corrected chi connectivity index (χ0v) is 13.8. The predicted molar refractivity (Wildman–Crippen MR) is 86.7 cm³/mol. The minimum absolute atomic E-state index is 0.111. The summed E-state index contributed by atoms with van der Waals surface area (Å²) >= 11 is 1.91. The zero-order chi connectivity index (χ0) is 14.7. The van der Waals surface area contributed by atoms with Crippen molar-refractivity contribution in [1.82, 2.24) is 4.90 Å². The monoisotopic (exact) mass is 309 g/mol. The molecule has 1 unspecified atom stereocenters. The van der Waals surface area contributed by atoms with E-state index in [2.05, 4.69) is 24.0 Å². The molecule has 0 radical (unpaired) electrons. The van der Waals surface area contributed by atoms with Crippen molar-refractivity contribution in [1.29, 1.82) is 0 Å². The highest BCUT2D eigenvalue weighted by atomic mass is 32.1. The number of thiophene rings is 1. The number of rotatable bonds is 4. The zero-order valence-electron chi connectivity index (χ0n) is 13.0. The van der Waals surface area contributed by atoms with Crippen LogP contribution in [-0.2, 0) is 11.3 Å². The van der Waals surface area contributed by atoms with E-state index in [1.807, 2.05) is 11.3 Å². The van der Waals surface area contributed by atoms with E-state index in [1.165, 1.54) is 9.75 Å². The smallest absolute Gasteiger partial charge is 0.0709 e. The van der Waals surface area contributed by atoms with Crippen molar-refractivity contribution in [3.8, 4) is 0 Å². The van der Waals surface area contributed by atoms with Gasteiger partial charge in [-0.1, -0.05) is 0 Å². The van der Waals surface area contributed by atoms with Crippen molar-refractivity contribution < 1.29 is 9.84 Å². The second-order valence-corrected chi connectivity index (χ2v) is 8.06. The van der Waals surface area contributed by atoms with E-state index in [0.717, 1.165) is 58.3 Å². The first-order valence-corrected chi connectivity index (χ1v) is 9.03. The van der Waals surface area contributed by atoms with E-state index in [-0.39, 0.29) is 5.60 Å². The molecule has 1 N–H and O–H groups in total. The number of hydrogen-bond acceptors (Lipinski definition) is 4. The molecule has 2 aliphatic rings. The van der Waals surface area contributed by atoms with Crippen molar-refractivity contribution in [2.24, 2.45) is 5.92 Å². The lowest BCUT2D eigenvalue weighted by atomic mass is 9.78. The molecule has 21 heavy (non-hydrogen) atoms. The first-order valence-electron chi connectivity index (χ1n) is 8.22. The van der Waals surface area contributed by atoms with Gasteiger partial charge in [-0.2, -0.15) is 0 Å². The number of piperidine rings is 1. The average Bonchev–Trinajstić information content (AvgIpc) is 2.88. The van der Waals surface area contributed by atoms with Crippen molar-refractivity contribution in [2.75, 3.05) is 26.3 Å². The topological polar surface area (TPSA) is 32.7 Å². The quantitative estimate of drug-likeness (QED) is 0.927. The number of aryl methyl sites for hydroxylation is 1. The molecule has 2 fully saturated rings. The summed E-state index contributed by atoms with van der Waals surface area (Å²) in [4.78, 5) is 5.45. The number of ether oxygens (including phenoxy) is 1. The Morgan fingerprint density at radius 1 is 1.38 bits per heavy atom. The van der Waals surface area contributed by atoms with E-state index in [4.69, 9.17) is 9.84 Å². The normalized spacial score (nSPS) is 26.3. The molecule has 4 heteroatoms. The van der Waals surface area contributed by atoms with Gasteiger partial charge in [0.05, 0.1) is 5.60 Å². The molecule has 3 rings (SSSR count). The van der Waals surface area contributed by atoms with Gasteiger partial charge in [-0.25, -0.2) is 0 Å². The lowest BCUT2D eigenvalue weighted by molar-refractivity contribution is -0.129. The number of aliphatic hydroxyl groups is 1. The molecule has 1 aromatic heterocycles. The molecular weight excluding hydrogens is 282 g/mol. The third-order valence-corrected chi connectivity index (χ3v) is 6.06. The summed E-state index contributed by atoms with van der Waals surface area (Å²) in [5, 5.41) is 9.17. The number of hydrogen-bond donors (Lipinski definition) is 1. The Morgan fingerprint density at radius 3 is 2.86 bits per heavy atom. The summed E-state index contributed by atoms with van der Waals surface area (Å²) in [6.45, 7) is 6.76. The standard InChI is InChI=1S/C17H27NO2S/c1-14-2-3-16(21-14)13-18-8-6-17(7-9-18)12-15(4-10-19)5-11-20-17/h2-3,15,19H,4-13H2,1H3. The maximum Gasteiger partial charge on any atom is 0.0709 e. The molecule has 0 amide bonds. The van der Waals surface area contributed by atoms with Crippen LogP contribution in [0.3, 0.4) is 0 Å². The molecule has 1 atom stereocenters. The first-order chi connectivity index (χ1) is 10.2. The molecule has 3 heterocycles. The summed E-state index contributed by atoms with van der Waals surface area (Å²) in [5.41, 5.74) is 0.111. The van der Waals surface area contributed by atoms with Crippen molar-refractivity contribution in [3.05, 3.63) is 21.9 Å². The van der Waals surface area contributed by atoms with Gasteiger partial charge in [0.1, 0.15) is 0 Å². The Morgan fingerprint density at radius 2 is 2.19 bits per heavy atom. The highest BCUT2D eigenvalue weighted by Crippen LogP contribution is 2.39. The molecule has 0 bridgehead atoms. The van der Waals surface area contributed by atoms with Gasteiger partial charge in [0.25, 0.3) is 0 Å². The van der Waals surface area contributed by atoms with Crippen molar-refractivity contribution in [2.45, 2.75) is 51.2 Å². The summed E-state index contributed by atoms with van der Waals surface area (Å²) in [7, 11) is 0. The van der Waals surface area contributed by atoms with Crippen LogP contribution < -0.4 is 0 Å². The molecule has 0 aromatic carbocycles. The van der Waals surface area contributed by atoms with Crippen LogP contribution >= 0.6 is 11.3 Å². The van der Waals surface area contributed by atoms with E-state index in [9.17, 15) is 0 Å². The van der Waals surface area contributed by atoms with Gasteiger partial charge in [0.15, 0.2) is 0 Å². The van der Waals surface area contributed by atoms with Gasteiger partial charge in [-0.3, -0.25) is 4.90 Å². The fraction of sp³-hybridized carbons (Fsp3) is 0.765. The molecule has 0 saturated carbocycles. The molecule has 0 aliphatic carbocycles. The third-order valence-electron chi connectivity index (χ3n) is 5.08. The Labute approximate surface area is 131 Å². The molecule has 3 nitrogen and oxygen atoms in total. The molecule has 2 aliphatic heterocycles. The maximum atomic E-state index is 9.17. The van der Waals surface area contributed by atoms with Crippen molar-refractivity contribution in [3.63, 3.8) is 0 Å². The minimum atomic E-state index is 0.111. The Kier molecular flexibility index (Phi) is 4.99. The van der Waals surface area contributed by atoms with Gasteiger partial charge < -0.3 is 9.84 Å². The van der Waals surface area contributed by atoms with Crippen LogP contribution in [0.4, 0.5) is 0 Å². The van der Waals surface area contributed by atoms with E-state index < -0.39 is 0 Å². The van der Waals surface area contributed by atoms with Gasteiger partial charge in [0.2, 0.25) is 0 Å². The molecular formula is C17H27NO2S. The van der Waals surface area contributed by atoms with Crippen LogP contribution in [-0.4, -0.2) is 41.9 Å². The number of nitrogens with zero attached hydrogens (tertiary/aromatic N) is 1. The maximum absolute atomic E-state index is 9.17. The predicted octanol–water partition coefficient (Wildman–Crippen LogP) is 3.20. The SMILES string of the molecule is Cc1ccc(CN2CCC3(CC2)CC(CCO)CCO3)s1. The van der Waals surface area contributed by atoms with E-state index >= 15 is 0 Å². The number of aliphatic hydroxyl groups excluding tert-OH is 1. The Hall–Kier alpha value is -0.420. The third kappa shape index (κ3) is 3.86. The largest absolute Gasteiger partial charge is 0.396 e. The fourth-order valence-electron chi connectivity index (χ4n) is 3.82. The summed E-state index contributed by atoms with van der Waals surface area (Å²) < 4.78 is 6.18. The van der Waals surface area contributed by atoms with Crippen LogP contribution in [0.2, 0.25) is 0 Å². The highest BCUT2D eigenvalue weighted by molar-refractivity contribution is 7.11. The van der Waals surface area contributed by atoms with E-state index in [0.29, 0.717) is 12.5 Å². The molecule has 1 aromatic rings. The van der Waals surface area contributed by atoms with Crippen LogP contribution in [0.5, 0.6) is 0 Å². The van der Waals surface area contributed by atoms with Crippen LogP contribution in [0, 0.1) is 12.8 Å². The average molecular weight is 309 g/mol. The summed E-state index contributed by atoms with van der Waals surface area (Å²) in [6, 6.07) is 4.48. The van der Waals surface area contributed by atoms with Gasteiger partial charge in [-0.05, 0) is 57.1 Å². The highest BCUT2D eigenvalue weighted by Gasteiger charge is 2.39. The fourth-order valence-corrected chi connectivity index (χ4v) is 4.75. The van der Waals surface area contributed by atoms with Crippen LogP contribution in [0.15, 0.2) is 12.1 Å². The summed E-state index contributed by atoms with van der Waals surface area (Å²) in [6.07, 6.45) is 5.53. The van der Waals surface area contributed by atoms with Gasteiger partial charge in [0, 0.05) is 42.6 Å². The molecule has 1 spiro atoms. The second-order valence-electron chi connectivity index (χ2n) is 6.69.